The summed E-state index contributed by atoms with van der Waals surface area (Å²) in [6.07, 6.45) is 1.50. The van der Waals surface area contributed by atoms with Crippen molar-refractivity contribution in [3.8, 4) is 5.75 Å². The summed E-state index contributed by atoms with van der Waals surface area (Å²) in [6, 6.07) is 11.5. The number of rotatable bonds is 8. The first-order valence-electron chi connectivity index (χ1n) is 10.1. The van der Waals surface area contributed by atoms with E-state index in [-0.39, 0.29) is 17.1 Å². The Morgan fingerprint density at radius 1 is 1.10 bits per heavy atom. The number of hydrogen-bond donors (Lipinski definition) is 1. The van der Waals surface area contributed by atoms with Crippen molar-refractivity contribution in [1.29, 1.82) is 0 Å². The maximum Gasteiger partial charge on any atom is 0.336 e. The van der Waals surface area contributed by atoms with Crippen LogP contribution in [-0.2, 0) is 21.2 Å². The Balaban J connectivity index is 1.83. The number of hydrogen-bond acceptors (Lipinski definition) is 6. The molecular formula is C23H25NO6S. The molecule has 0 aliphatic heterocycles. The molecule has 1 aromatic heterocycles. The van der Waals surface area contributed by atoms with Crippen molar-refractivity contribution >= 4 is 27.0 Å². The van der Waals surface area contributed by atoms with Gasteiger partial charge in [-0.25, -0.2) is 18.0 Å². The second kappa shape index (κ2) is 9.45. The van der Waals surface area contributed by atoms with E-state index in [0.717, 1.165) is 16.5 Å². The van der Waals surface area contributed by atoms with Gasteiger partial charge in [0.05, 0.1) is 4.90 Å². The highest BCUT2D eigenvalue weighted by atomic mass is 32.2. The van der Waals surface area contributed by atoms with Crippen molar-refractivity contribution < 1.29 is 22.4 Å². The minimum Gasteiger partial charge on any atom is -0.425 e. The van der Waals surface area contributed by atoms with E-state index < -0.39 is 27.7 Å². The first kappa shape index (κ1) is 22.7. The first-order valence-corrected chi connectivity index (χ1v) is 11.6. The average Bonchev–Trinajstić information content (AvgIpc) is 2.72. The number of ether oxygens (including phenoxy) is 1. The van der Waals surface area contributed by atoms with Crippen molar-refractivity contribution in [3.05, 3.63) is 70.1 Å². The first-order chi connectivity index (χ1) is 14.7. The van der Waals surface area contributed by atoms with Crippen LogP contribution in [0.25, 0.3) is 11.0 Å². The molecule has 0 spiro atoms. The van der Waals surface area contributed by atoms with Gasteiger partial charge in [-0.2, -0.15) is 4.72 Å². The van der Waals surface area contributed by atoms with Crippen LogP contribution in [0.4, 0.5) is 0 Å². The van der Waals surface area contributed by atoms with Crippen LogP contribution < -0.4 is 15.1 Å². The Morgan fingerprint density at radius 2 is 1.81 bits per heavy atom. The van der Waals surface area contributed by atoms with Gasteiger partial charge in [-0.3, -0.25) is 0 Å². The monoisotopic (exact) mass is 443 g/mol. The quantitative estimate of drug-likeness (QED) is 0.323. The van der Waals surface area contributed by atoms with Crippen molar-refractivity contribution in [1.82, 2.24) is 4.72 Å². The van der Waals surface area contributed by atoms with Gasteiger partial charge >= 0.3 is 11.6 Å². The third-order valence-corrected chi connectivity index (χ3v) is 6.38. The van der Waals surface area contributed by atoms with Gasteiger partial charge in [-0.05, 0) is 49.6 Å². The molecule has 7 nitrogen and oxygen atoms in total. The smallest absolute Gasteiger partial charge is 0.336 e. The minimum atomic E-state index is -3.90. The number of carbonyl (C=O) groups excluding carboxylic acids is 1. The van der Waals surface area contributed by atoms with Crippen LogP contribution >= 0.6 is 0 Å². The summed E-state index contributed by atoms with van der Waals surface area (Å²) in [4.78, 5) is 24.6. The normalized spacial score (nSPS) is 12.6. The van der Waals surface area contributed by atoms with Crippen molar-refractivity contribution in [3.63, 3.8) is 0 Å². The molecule has 2 aromatic carbocycles. The molecule has 164 valence electrons. The number of aryl methyl sites for hydroxylation is 2. The Bertz CT molecular complexity index is 1250. The Kier molecular flexibility index (Phi) is 6.92. The molecular weight excluding hydrogens is 418 g/mol. The van der Waals surface area contributed by atoms with E-state index in [1.165, 1.54) is 24.3 Å². The molecule has 0 bridgehead atoms. The maximum absolute atomic E-state index is 12.8. The van der Waals surface area contributed by atoms with Crippen molar-refractivity contribution in [2.24, 2.45) is 0 Å². The molecule has 1 atom stereocenters. The molecule has 0 radical (unpaired) electrons. The number of carbonyl (C=O) groups is 1. The molecule has 0 unspecified atom stereocenters. The van der Waals surface area contributed by atoms with Gasteiger partial charge in [-0.1, -0.05) is 38.0 Å². The summed E-state index contributed by atoms with van der Waals surface area (Å²) >= 11 is 0. The van der Waals surface area contributed by atoms with Crippen LogP contribution in [-0.4, -0.2) is 20.4 Å². The molecule has 0 aliphatic rings. The van der Waals surface area contributed by atoms with E-state index in [2.05, 4.69) is 4.72 Å². The van der Waals surface area contributed by atoms with Crippen LogP contribution in [0, 0.1) is 6.92 Å². The summed E-state index contributed by atoms with van der Waals surface area (Å²) in [5, 5.41) is 0.757. The predicted molar refractivity (Wildman–Crippen MR) is 118 cm³/mol. The van der Waals surface area contributed by atoms with Gasteiger partial charge in [0.2, 0.25) is 10.0 Å². The number of fused-ring (bicyclic) bond motifs is 1. The molecule has 1 heterocycles. The topological polar surface area (TPSA) is 103 Å². The Morgan fingerprint density at radius 3 is 2.45 bits per heavy atom. The van der Waals surface area contributed by atoms with Crippen LogP contribution in [0.5, 0.6) is 5.75 Å². The fourth-order valence-electron chi connectivity index (χ4n) is 3.24. The fourth-order valence-corrected chi connectivity index (χ4v) is 4.46. The fraction of sp³-hybridized carbons (Fsp3) is 0.304. The highest BCUT2D eigenvalue weighted by Crippen LogP contribution is 2.24. The SMILES string of the molecule is CCC[C@H](NS(=O)(=O)c1ccc(C)cc1)C(=O)Oc1ccc2c(CC)cc(=O)oc2c1. The van der Waals surface area contributed by atoms with Gasteiger partial charge in [0.1, 0.15) is 17.4 Å². The van der Waals surface area contributed by atoms with Gasteiger partial charge in [0.15, 0.2) is 0 Å². The minimum absolute atomic E-state index is 0.0755. The number of esters is 1. The standard InChI is InChI=1S/C23H25NO6S/c1-4-6-20(24-31(27,28)18-10-7-15(3)8-11-18)23(26)29-17-9-12-19-16(5-2)13-22(25)30-21(19)14-17/h7-14,20,24H,4-6H2,1-3H3/t20-/m0/s1. The van der Waals surface area contributed by atoms with E-state index in [1.807, 2.05) is 20.8 Å². The van der Waals surface area contributed by atoms with E-state index in [9.17, 15) is 18.0 Å². The summed E-state index contributed by atoms with van der Waals surface area (Å²) in [5.74, 6) is -0.560. The van der Waals surface area contributed by atoms with Crippen LogP contribution in [0.15, 0.2) is 62.6 Å². The zero-order chi connectivity index (χ0) is 22.6. The number of benzene rings is 2. The zero-order valence-electron chi connectivity index (χ0n) is 17.7. The zero-order valence-corrected chi connectivity index (χ0v) is 18.5. The third kappa shape index (κ3) is 5.39. The number of sulfonamides is 1. The van der Waals surface area contributed by atoms with E-state index in [1.54, 1.807) is 24.3 Å². The molecule has 0 saturated carbocycles. The lowest BCUT2D eigenvalue weighted by molar-refractivity contribution is -0.136. The average molecular weight is 444 g/mol. The lowest BCUT2D eigenvalue weighted by atomic mass is 10.1. The lowest BCUT2D eigenvalue weighted by Gasteiger charge is -2.17. The van der Waals surface area contributed by atoms with Crippen LogP contribution in [0.1, 0.15) is 37.8 Å². The largest absolute Gasteiger partial charge is 0.425 e. The summed E-state index contributed by atoms with van der Waals surface area (Å²) in [6.45, 7) is 5.63. The highest BCUT2D eigenvalue weighted by molar-refractivity contribution is 7.89. The number of nitrogens with one attached hydrogen (secondary N) is 1. The molecule has 3 rings (SSSR count). The van der Waals surface area contributed by atoms with Gasteiger partial charge < -0.3 is 9.15 Å². The van der Waals surface area contributed by atoms with E-state index in [0.29, 0.717) is 18.4 Å². The third-order valence-electron chi connectivity index (χ3n) is 4.89. The predicted octanol–water partition coefficient (Wildman–Crippen LogP) is 3.72. The molecule has 1 N–H and O–H groups in total. The Labute approximate surface area is 181 Å². The molecule has 0 saturated heterocycles. The van der Waals surface area contributed by atoms with Gasteiger partial charge in [0, 0.05) is 17.5 Å². The van der Waals surface area contributed by atoms with E-state index >= 15 is 0 Å². The molecule has 31 heavy (non-hydrogen) atoms. The maximum atomic E-state index is 12.8. The molecule has 8 heteroatoms. The molecule has 0 amide bonds. The van der Waals surface area contributed by atoms with Crippen LogP contribution in [0.2, 0.25) is 0 Å². The lowest BCUT2D eigenvalue weighted by Crippen LogP contribution is -2.42. The second-order valence-corrected chi connectivity index (χ2v) is 9.01. The Hall–Kier alpha value is -2.97. The van der Waals surface area contributed by atoms with Crippen molar-refractivity contribution in [2.45, 2.75) is 51.0 Å². The summed E-state index contributed by atoms with van der Waals surface area (Å²) in [7, 11) is -3.90. The van der Waals surface area contributed by atoms with Gasteiger partial charge in [0.25, 0.3) is 0 Å². The second-order valence-electron chi connectivity index (χ2n) is 7.30. The highest BCUT2D eigenvalue weighted by Gasteiger charge is 2.27. The molecule has 3 aromatic rings. The molecule has 0 fully saturated rings. The van der Waals surface area contributed by atoms with Gasteiger partial charge in [-0.15, -0.1) is 0 Å². The van der Waals surface area contributed by atoms with Crippen molar-refractivity contribution in [2.75, 3.05) is 0 Å². The van der Waals surface area contributed by atoms with Crippen LogP contribution in [0.3, 0.4) is 0 Å². The molecule has 0 aliphatic carbocycles. The summed E-state index contributed by atoms with van der Waals surface area (Å²) < 4.78 is 38.5. The summed E-state index contributed by atoms with van der Waals surface area (Å²) in [5.41, 5.74) is 1.58. The van der Waals surface area contributed by atoms with E-state index in [4.69, 9.17) is 9.15 Å².